The quantitative estimate of drug-likeness (QED) is 0.603. The van der Waals surface area contributed by atoms with Crippen LogP contribution in [0.4, 0.5) is 0 Å². The molecule has 0 radical (unpaired) electrons. The number of carbonyl (C=O) groups excluding carboxylic acids is 1. The van der Waals surface area contributed by atoms with Crippen molar-refractivity contribution in [3.05, 3.63) is 0 Å². The third-order valence-electron chi connectivity index (χ3n) is 2.61. The molecule has 1 N–H and O–H groups in total. The summed E-state index contributed by atoms with van der Waals surface area (Å²) in [7, 11) is 1.21. The van der Waals surface area contributed by atoms with Gasteiger partial charge in [0, 0.05) is 0 Å². The lowest BCUT2D eigenvalue weighted by Crippen LogP contribution is -2.61. The molecule has 0 aromatic carbocycles. The van der Waals surface area contributed by atoms with E-state index in [9.17, 15) is 9.59 Å². The minimum absolute atomic E-state index is 0.211. The van der Waals surface area contributed by atoms with E-state index in [1.54, 1.807) is 0 Å². The number of methoxy groups -OCH3 is 1. The Morgan fingerprint density at radius 1 is 1.06 bits per heavy atom. The van der Waals surface area contributed by atoms with Crippen molar-refractivity contribution in [3.8, 4) is 0 Å². The number of hydrogen-bond donors (Lipinski definition) is 1. The van der Waals surface area contributed by atoms with Gasteiger partial charge in [-0.2, -0.15) is 0 Å². The Hall–Kier alpha value is -1.22. The minimum Gasteiger partial charge on any atom is -0.479 e. The van der Waals surface area contributed by atoms with Crippen molar-refractivity contribution in [2.75, 3.05) is 20.7 Å². The van der Waals surface area contributed by atoms with Gasteiger partial charge in [0.2, 0.25) is 0 Å². The largest absolute Gasteiger partial charge is 0.479 e. The van der Waals surface area contributed by atoms with Gasteiger partial charge in [0.15, 0.2) is 12.2 Å². The normalized spacial score (nSPS) is 37.0. The van der Waals surface area contributed by atoms with E-state index in [4.69, 9.17) is 24.1 Å². The highest BCUT2D eigenvalue weighted by Crippen LogP contribution is 2.26. The summed E-state index contributed by atoms with van der Waals surface area (Å²) in [5.41, 5.74) is 0. The maximum atomic E-state index is 11.4. The highest BCUT2D eigenvalue weighted by atomic mass is 16.8. The second-order valence-electron chi connectivity index (χ2n) is 3.53. The predicted octanol–water partition coefficient (Wildman–Crippen LogP) is -1.27. The van der Waals surface area contributed by atoms with E-state index in [1.165, 1.54) is 7.11 Å². The molecule has 2 rings (SSSR count). The second kappa shape index (κ2) is 4.96. The summed E-state index contributed by atoms with van der Waals surface area (Å²) in [5, 5.41) is 8.94. The molecule has 2 fully saturated rings. The van der Waals surface area contributed by atoms with Crippen molar-refractivity contribution in [2.24, 2.45) is 0 Å². The second-order valence-corrected chi connectivity index (χ2v) is 3.53. The third-order valence-corrected chi connectivity index (χ3v) is 2.61. The van der Waals surface area contributed by atoms with Crippen molar-refractivity contribution < 1.29 is 38.4 Å². The first-order chi connectivity index (χ1) is 8.15. The number of esters is 1. The topological polar surface area (TPSA) is 101 Å². The van der Waals surface area contributed by atoms with Gasteiger partial charge >= 0.3 is 11.9 Å². The molecule has 0 bridgehead atoms. The Bertz CT molecular complexity index is 316. The lowest BCUT2D eigenvalue weighted by Gasteiger charge is -2.41. The third kappa shape index (κ3) is 2.25. The van der Waals surface area contributed by atoms with Crippen LogP contribution in [0.1, 0.15) is 0 Å². The molecule has 2 heterocycles. The first-order valence-corrected chi connectivity index (χ1v) is 4.92. The number of carbonyl (C=O) groups is 2. The van der Waals surface area contributed by atoms with E-state index in [2.05, 4.69) is 4.74 Å². The first-order valence-electron chi connectivity index (χ1n) is 4.92. The van der Waals surface area contributed by atoms with Gasteiger partial charge in [-0.25, -0.2) is 9.59 Å². The molecular formula is C9H12O8. The van der Waals surface area contributed by atoms with Gasteiger partial charge in [-0.15, -0.1) is 0 Å². The standard InChI is InChI=1S/C9H12O8/c1-13-9(12)7-5-4(14-3-17-7)6(8(10)11)16-2-15-5/h4-7H,2-3H2,1H3,(H,10,11)/t4-,5-,6-,7+/m0/s1. The summed E-state index contributed by atoms with van der Waals surface area (Å²) in [5.74, 6) is -1.80. The van der Waals surface area contributed by atoms with Crippen molar-refractivity contribution in [1.82, 2.24) is 0 Å². The Labute approximate surface area is 96.3 Å². The lowest BCUT2D eigenvalue weighted by atomic mass is 10.0. The first kappa shape index (κ1) is 12.2. The monoisotopic (exact) mass is 248 g/mol. The predicted molar refractivity (Wildman–Crippen MR) is 48.9 cm³/mol. The molecule has 0 unspecified atom stereocenters. The van der Waals surface area contributed by atoms with Crippen LogP contribution in [0.25, 0.3) is 0 Å². The molecule has 2 saturated heterocycles. The molecule has 2 aliphatic rings. The molecular weight excluding hydrogens is 236 g/mol. The molecule has 8 nitrogen and oxygen atoms in total. The molecule has 96 valence electrons. The van der Waals surface area contributed by atoms with Gasteiger partial charge in [0.05, 0.1) is 7.11 Å². The average Bonchev–Trinajstić information content (AvgIpc) is 2.36. The van der Waals surface area contributed by atoms with Crippen LogP contribution in [-0.2, 0) is 33.3 Å². The smallest absolute Gasteiger partial charge is 0.337 e. The van der Waals surface area contributed by atoms with Gasteiger partial charge in [-0.1, -0.05) is 0 Å². The maximum absolute atomic E-state index is 11.4. The van der Waals surface area contributed by atoms with E-state index in [0.29, 0.717) is 0 Å². The number of fused-ring (bicyclic) bond motifs is 1. The molecule has 0 saturated carbocycles. The fourth-order valence-corrected chi connectivity index (χ4v) is 1.81. The van der Waals surface area contributed by atoms with Crippen LogP contribution in [0, 0.1) is 0 Å². The van der Waals surface area contributed by atoms with Crippen LogP contribution >= 0.6 is 0 Å². The van der Waals surface area contributed by atoms with Crippen molar-refractivity contribution in [3.63, 3.8) is 0 Å². The van der Waals surface area contributed by atoms with Crippen molar-refractivity contribution >= 4 is 11.9 Å². The summed E-state index contributed by atoms with van der Waals surface area (Å²) in [6.45, 7) is -0.449. The number of aliphatic carboxylic acids is 1. The van der Waals surface area contributed by atoms with Gasteiger partial charge < -0.3 is 28.8 Å². The highest BCUT2D eigenvalue weighted by Gasteiger charge is 2.50. The summed E-state index contributed by atoms with van der Waals surface area (Å²) >= 11 is 0. The zero-order valence-electron chi connectivity index (χ0n) is 9.03. The van der Waals surface area contributed by atoms with Crippen LogP contribution < -0.4 is 0 Å². The summed E-state index contributed by atoms with van der Waals surface area (Å²) in [4.78, 5) is 22.4. The Morgan fingerprint density at radius 2 is 1.59 bits per heavy atom. The average molecular weight is 248 g/mol. The van der Waals surface area contributed by atoms with Gasteiger partial charge in [-0.05, 0) is 0 Å². The maximum Gasteiger partial charge on any atom is 0.337 e. The number of carboxylic acid groups (broad SMARTS) is 1. The zero-order chi connectivity index (χ0) is 12.4. The number of ether oxygens (including phenoxy) is 5. The fraction of sp³-hybridized carbons (Fsp3) is 0.778. The molecule has 2 aliphatic heterocycles. The number of hydrogen-bond acceptors (Lipinski definition) is 7. The van der Waals surface area contributed by atoms with Crippen LogP contribution in [0.5, 0.6) is 0 Å². The van der Waals surface area contributed by atoms with Gasteiger partial charge in [-0.3, -0.25) is 0 Å². The van der Waals surface area contributed by atoms with Crippen LogP contribution in [0.3, 0.4) is 0 Å². The van der Waals surface area contributed by atoms with Crippen LogP contribution in [-0.4, -0.2) is 62.2 Å². The fourth-order valence-electron chi connectivity index (χ4n) is 1.81. The Kier molecular flexibility index (Phi) is 3.57. The number of rotatable bonds is 2. The van der Waals surface area contributed by atoms with Crippen molar-refractivity contribution in [2.45, 2.75) is 24.4 Å². The van der Waals surface area contributed by atoms with Gasteiger partial charge in [0.25, 0.3) is 0 Å². The van der Waals surface area contributed by atoms with E-state index in [1.807, 2.05) is 0 Å². The molecule has 0 aliphatic carbocycles. The summed E-state index contributed by atoms with van der Waals surface area (Å²) in [6, 6.07) is 0. The van der Waals surface area contributed by atoms with E-state index in [0.717, 1.165) is 0 Å². The molecule has 0 amide bonds. The molecule has 0 aromatic rings. The Morgan fingerprint density at radius 3 is 2.12 bits per heavy atom. The van der Waals surface area contributed by atoms with Gasteiger partial charge in [0.1, 0.15) is 25.8 Å². The molecule has 0 spiro atoms. The highest BCUT2D eigenvalue weighted by molar-refractivity contribution is 5.77. The van der Waals surface area contributed by atoms with E-state index >= 15 is 0 Å². The summed E-state index contributed by atoms with van der Waals surface area (Å²) < 4.78 is 24.8. The Balaban J connectivity index is 2.15. The van der Waals surface area contributed by atoms with Crippen LogP contribution in [0.15, 0.2) is 0 Å². The van der Waals surface area contributed by atoms with E-state index in [-0.39, 0.29) is 13.6 Å². The SMILES string of the molecule is COC(=O)[C@@H]1OCO[C@H]2[C@@H]1OCO[C@@H]2C(=O)O. The number of carboxylic acids is 1. The van der Waals surface area contributed by atoms with Crippen LogP contribution in [0.2, 0.25) is 0 Å². The minimum atomic E-state index is -1.18. The van der Waals surface area contributed by atoms with E-state index < -0.39 is 36.4 Å². The lowest BCUT2D eigenvalue weighted by molar-refractivity contribution is -0.316. The molecule has 8 heteroatoms. The molecule has 0 aromatic heterocycles. The van der Waals surface area contributed by atoms with Crippen molar-refractivity contribution in [1.29, 1.82) is 0 Å². The zero-order valence-corrected chi connectivity index (χ0v) is 9.03. The summed E-state index contributed by atoms with van der Waals surface area (Å²) in [6.07, 6.45) is -3.90. The molecule has 4 atom stereocenters. The molecule has 17 heavy (non-hydrogen) atoms.